The number of H-pyrrole nitrogens is 2. The van der Waals surface area contributed by atoms with Gasteiger partial charge in [0, 0.05) is 57.4 Å². The summed E-state index contributed by atoms with van der Waals surface area (Å²) < 4.78 is 2.01. The fourth-order valence-electron chi connectivity index (χ4n) is 5.30. The average molecular weight is 465 g/mol. The van der Waals surface area contributed by atoms with Crippen molar-refractivity contribution in [3.05, 3.63) is 144 Å². The minimum Gasteiger partial charge on any atom is -0.361 e. The quantitative estimate of drug-likeness (QED) is 0.270. The molecule has 0 aliphatic rings. The standard InChI is InChI=1S/C32H24N4/c1-3-11-22(12-4-1)32-28(21-36(35-32)23-13-5-2-6-14-23)31(26-19-33-29-17-9-7-15-24(26)29)27-20-34-30-18-10-8-16-25(27)30/h1-21,31,33-34H. The summed E-state index contributed by atoms with van der Waals surface area (Å²) in [7, 11) is 0. The van der Waals surface area contributed by atoms with Gasteiger partial charge in [0.15, 0.2) is 0 Å². The summed E-state index contributed by atoms with van der Waals surface area (Å²) in [5.74, 6) is -0.0232. The predicted octanol–water partition coefficient (Wildman–Crippen LogP) is 7.68. The lowest BCUT2D eigenvalue weighted by Crippen LogP contribution is -2.03. The molecule has 7 aromatic rings. The van der Waals surface area contributed by atoms with E-state index in [0.717, 1.165) is 28.0 Å². The summed E-state index contributed by atoms with van der Waals surface area (Å²) in [6.07, 6.45) is 6.52. The van der Waals surface area contributed by atoms with Gasteiger partial charge >= 0.3 is 0 Å². The smallest absolute Gasteiger partial charge is 0.0969 e. The molecule has 0 unspecified atom stereocenters. The number of hydrogen-bond acceptors (Lipinski definition) is 1. The van der Waals surface area contributed by atoms with Crippen LogP contribution in [0.25, 0.3) is 38.8 Å². The van der Waals surface area contributed by atoms with Crippen molar-refractivity contribution in [2.75, 3.05) is 0 Å². The molecule has 0 aliphatic heterocycles. The molecule has 0 bridgehead atoms. The second-order valence-electron chi connectivity index (χ2n) is 9.09. The summed E-state index contributed by atoms with van der Waals surface area (Å²) >= 11 is 0. The van der Waals surface area contributed by atoms with Gasteiger partial charge in [-0.3, -0.25) is 0 Å². The van der Waals surface area contributed by atoms with Gasteiger partial charge in [-0.05, 0) is 35.4 Å². The molecule has 0 spiro atoms. The maximum absolute atomic E-state index is 5.15. The fourth-order valence-corrected chi connectivity index (χ4v) is 5.30. The molecule has 3 heterocycles. The molecule has 172 valence electrons. The summed E-state index contributed by atoms with van der Waals surface area (Å²) in [5, 5.41) is 7.59. The lowest BCUT2D eigenvalue weighted by molar-refractivity contribution is 0.882. The largest absolute Gasteiger partial charge is 0.361 e. The summed E-state index contributed by atoms with van der Waals surface area (Å²) in [5.41, 5.74) is 9.03. The Labute approximate surface area is 208 Å². The van der Waals surface area contributed by atoms with E-state index in [1.165, 1.54) is 27.5 Å². The van der Waals surface area contributed by atoms with Crippen LogP contribution in [0.4, 0.5) is 0 Å². The highest BCUT2D eigenvalue weighted by atomic mass is 15.3. The van der Waals surface area contributed by atoms with Gasteiger partial charge in [-0.25, -0.2) is 4.68 Å². The molecule has 2 N–H and O–H groups in total. The van der Waals surface area contributed by atoms with Crippen LogP contribution in [-0.4, -0.2) is 19.7 Å². The van der Waals surface area contributed by atoms with Crippen LogP contribution in [-0.2, 0) is 0 Å². The Bertz CT molecular complexity index is 1710. The first kappa shape index (κ1) is 20.5. The normalized spacial score (nSPS) is 11.6. The van der Waals surface area contributed by atoms with E-state index in [1.54, 1.807) is 0 Å². The molecule has 4 aromatic carbocycles. The molecule has 7 rings (SSSR count). The Morgan fingerprint density at radius 2 is 1.08 bits per heavy atom. The molecular formula is C32H24N4. The number of hydrogen-bond donors (Lipinski definition) is 2. The zero-order chi connectivity index (χ0) is 23.9. The Morgan fingerprint density at radius 1 is 0.556 bits per heavy atom. The molecule has 0 radical (unpaired) electrons. The van der Waals surface area contributed by atoms with Crippen LogP contribution in [0, 0.1) is 0 Å². The first-order chi connectivity index (χ1) is 17.9. The SMILES string of the molecule is c1ccc(-c2nn(-c3ccccc3)cc2C(c2c[nH]c3ccccc23)c2c[nH]c3ccccc23)cc1. The highest BCUT2D eigenvalue weighted by Crippen LogP contribution is 2.42. The third-order valence-electron chi connectivity index (χ3n) is 6.99. The van der Waals surface area contributed by atoms with Crippen molar-refractivity contribution in [3.8, 4) is 16.9 Å². The predicted molar refractivity (Wildman–Crippen MR) is 147 cm³/mol. The molecule has 0 fully saturated rings. The number of aromatic amines is 2. The number of benzene rings is 4. The number of fused-ring (bicyclic) bond motifs is 2. The van der Waals surface area contributed by atoms with Crippen molar-refractivity contribution in [3.63, 3.8) is 0 Å². The van der Waals surface area contributed by atoms with Gasteiger partial charge in [0.1, 0.15) is 0 Å². The maximum Gasteiger partial charge on any atom is 0.0969 e. The number of nitrogens with zero attached hydrogens (tertiary/aromatic N) is 2. The van der Waals surface area contributed by atoms with Crippen molar-refractivity contribution in [2.24, 2.45) is 0 Å². The van der Waals surface area contributed by atoms with E-state index in [-0.39, 0.29) is 5.92 Å². The van der Waals surface area contributed by atoms with Crippen molar-refractivity contribution in [1.29, 1.82) is 0 Å². The molecule has 0 atom stereocenters. The Hall–Kier alpha value is -4.83. The first-order valence-electron chi connectivity index (χ1n) is 12.2. The second-order valence-corrected chi connectivity index (χ2v) is 9.09. The molecule has 0 saturated carbocycles. The summed E-state index contributed by atoms with van der Waals surface area (Å²) in [4.78, 5) is 7.02. The Kier molecular flexibility index (Phi) is 4.81. The van der Waals surface area contributed by atoms with Crippen molar-refractivity contribution < 1.29 is 0 Å². The number of para-hydroxylation sites is 3. The second kappa shape index (κ2) is 8.43. The third kappa shape index (κ3) is 3.35. The fraction of sp³-hybridized carbons (Fsp3) is 0.0312. The van der Waals surface area contributed by atoms with Crippen LogP contribution in [0.5, 0.6) is 0 Å². The molecule has 4 heteroatoms. The summed E-state index contributed by atoms with van der Waals surface area (Å²) in [6.45, 7) is 0. The van der Waals surface area contributed by atoms with E-state index in [2.05, 4.69) is 126 Å². The highest BCUT2D eigenvalue weighted by molar-refractivity contribution is 5.89. The third-order valence-corrected chi connectivity index (χ3v) is 6.99. The molecule has 36 heavy (non-hydrogen) atoms. The summed E-state index contributed by atoms with van der Waals surface area (Å²) in [6, 6.07) is 37.9. The average Bonchev–Trinajstić information content (AvgIpc) is 3.68. The Balaban J connectivity index is 1.54. The zero-order valence-corrected chi connectivity index (χ0v) is 19.6. The van der Waals surface area contributed by atoms with Crippen LogP contribution < -0.4 is 0 Å². The van der Waals surface area contributed by atoms with Gasteiger partial charge in [0.05, 0.1) is 11.4 Å². The molecule has 0 amide bonds. The molecule has 0 saturated heterocycles. The van der Waals surface area contributed by atoms with Crippen molar-refractivity contribution in [1.82, 2.24) is 19.7 Å². The van der Waals surface area contributed by atoms with Gasteiger partial charge in [0.25, 0.3) is 0 Å². The molecule has 4 nitrogen and oxygen atoms in total. The Morgan fingerprint density at radius 3 is 1.69 bits per heavy atom. The van der Waals surface area contributed by atoms with E-state index < -0.39 is 0 Å². The van der Waals surface area contributed by atoms with E-state index >= 15 is 0 Å². The highest BCUT2D eigenvalue weighted by Gasteiger charge is 2.28. The van der Waals surface area contributed by atoms with Crippen LogP contribution in [0.3, 0.4) is 0 Å². The van der Waals surface area contributed by atoms with Gasteiger partial charge in [-0.1, -0.05) is 84.9 Å². The first-order valence-corrected chi connectivity index (χ1v) is 12.2. The number of nitrogens with one attached hydrogen (secondary N) is 2. The van der Waals surface area contributed by atoms with Crippen molar-refractivity contribution in [2.45, 2.75) is 5.92 Å². The number of aromatic nitrogens is 4. The minimum atomic E-state index is -0.0232. The van der Waals surface area contributed by atoms with Gasteiger partial charge in [-0.2, -0.15) is 5.10 Å². The molecular weight excluding hydrogens is 440 g/mol. The topological polar surface area (TPSA) is 49.4 Å². The van der Waals surface area contributed by atoms with Crippen LogP contribution in [0.15, 0.2) is 128 Å². The van der Waals surface area contributed by atoms with E-state index in [4.69, 9.17) is 5.10 Å². The molecule has 3 aromatic heterocycles. The van der Waals surface area contributed by atoms with Gasteiger partial charge in [0.2, 0.25) is 0 Å². The van der Waals surface area contributed by atoms with Gasteiger partial charge < -0.3 is 9.97 Å². The van der Waals surface area contributed by atoms with Gasteiger partial charge in [-0.15, -0.1) is 0 Å². The molecule has 0 aliphatic carbocycles. The van der Waals surface area contributed by atoms with E-state index in [0.29, 0.717) is 0 Å². The van der Waals surface area contributed by atoms with Crippen molar-refractivity contribution >= 4 is 21.8 Å². The van der Waals surface area contributed by atoms with Crippen LogP contribution in [0.1, 0.15) is 22.6 Å². The van der Waals surface area contributed by atoms with E-state index in [1.807, 2.05) is 16.8 Å². The van der Waals surface area contributed by atoms with Crippen LogP contribution in [0.2, 0.25) is 0 Å². The maximum atomic E-state index is 5.15. The number of rotatable bonds is 5. The zero-order valence-electron chi connectivity index (χ0n) is 19.6. The lowest BCUT2D eigenvalue weighted by atomic mass is 9.84. The monoisotopic (exact) mass is 464 g/mol. The lowest BCUT2D eigenvalue weighted by Gasteiger charge is -2.17. The van der Waals surface area contributed by atoms with E-state index in [9.17, 15) is 0 Å². The minimum absolute atomic E-state index is 0.0232. The van der Waals surface area contributed by atoms with Crippen LogP contribution >= 0.6 is 0 Å².